The van der Waals surface area contributed by atoms with E-state index in [4.69, 9.17) is 0 Å². The first-order chi connectivity index (χ1) is 7.29. The molecule has 0 unspecified atom stereocenters. The van der Waals surface area contributed by atoms with Gasteiger partial charge in [0.25, 0.3) is 0 Å². The van der Waals surface area contributed by atoms with Crippen LogP contribution >= 0.6 is 11.8 Å². The Kier molecular flexibility index (Phi) is 6.80. The zero-order valence-corrected chi connectivity index (χ0v) is 10.2. The van der Waals surface area contributed by atoms with Gasteiger partial charge in [-0.2, -0.15) is 11.8 Å². The molecular formula is C10H21N3OS. The lowest BCUT2D eigenvalue weighted by atomic mass is 10.4. The van der Waals surface area contributed by atoms with Crippen molar-refractivity contribution in [3.8, 4) is 0 Å². The van der Waals surface area contributed by atoms with Crippen LogP contribution in [0.15, 0.2) is 0 Å². The maximum Gasteiger partial charge on any atom is 0.216 e. The van der Waals surface area contributed by atoms with Gasteiger partial charge in [0.2, 0.25) is 5.91 Å². The van der Waals surface area contributed by atoms with Gasteiger partial charge in [-0.05, 0) is 0 Å². The van der Waals surface area contributed by atoms with Crippen molar-refractivity contribution >= 4 is 17.7 Å². The summed E-state index contributed by atoms with van der Waals surface area (Å²) in [6.45, 7) is 7.72. The number of thioether (sulfide) groups is 1. The van der Waals surface area contributed by atoms with Crippen molar-refractivity contribution in [3.63, 3.8) is 0 Å². The van der Waals surface area contributed by atoms with Crippen molar-refractivity contribution in [3.05, 3.63) is 0 Å². The summed E-state index contributed by atoms with van der Waals surface area (Å²) in [6, 6.07) is 0. The average molecular weight is 231 g/mol. The largest absolute Gasteiger partial charge is 0.355 e. The highest BCUT2D eigenvalue weighted by atomic mass is 32.2. The van der Waals surface area contributed by atoms with E-state index in [-0.39, 0.29) is 5.91 Å². The third-order valence-electron chi connectivity index (χ3n) is 2.38. The monoisotopic (exact) mass is 231 g/mol. The second-order valence-corrected chi connectivity index (χ2v) is 4.91. The van der Waals surface area contributed by atoms with Crippen molar-refractivity contribution in [1.29, 1.82) is 0 Å². The summed E-state index contributed by atoms with van der Waals surface area (Å²) in [6.07, 6.45) is 0. The van der Waals surface area contributed by atoms with Crippen LogP contribution in [0.3, 0.4) is 0 Å². The standard InChI is InChI=1S/C10H21N3OS/c1-10(14)12-3-2-11-4-5-13-6-8-15-9-7-13/h11H,2-9H2,1H3,(H,12,14). The predicted molar refractivity (Wildman–Crippen MR) is 65.3 cm³/mol. The summed E-state index contributed by atoms with van der Waals surface area (Å²) >= 11 is 2.04. The smallest absolute Gasteiger partial charge is 0.216 e. The quantitative estimate of drug-likeness (QED) is 0.619. The van der Waals surface area contributed by atoms with Crippen LogP contribution < -0.4 is 10.6 Å². The SMILES string of the molecule is CC(=O)NCCNCCN1CCSCC1. The molecule has 15 heavy (non-hydrogen) atoms. The molecule has 0 bridgehead atoms. The lowest BCUT2D eigenvalue weighted by molar-refractivity contribution is -0.118. The molecule has 4 nitrogen and oxygen atoms in total. The minimum Gasteiger partial charge on any atom is -0.355 e. The summed E-state index contributed by atoms with van der Waals surface area (Å²) in [7, 11) is 0. The molecular weight excluding hydrogens is 210 g/mol. The van der Waals surface area contributed by atoms with E-state index in [0.717, 1.165) is 26.2 Å². The summed E-state index contributed by atoms with van der Waals surface area (Å²) in [5.74, 6) is 2.59. The van der Waals surface area contributed by atoms with Crippen molar-refractivity contribution in [1.82, 2.24) is 15.5 Å². The molecule has 1 fully saturated rings. The topological polar surface area (TPSA) is 44.4 Å². The number of rotatable bonds is 6. The van der Waals surface area contributed by atoms with E-state index in [1.807, 2.05) is 11.8 Å². The van der Waals surface area contributed by atoms with Gasteiger partial charge in [-0.1, -0.05) is 0 Å². The molecule has 1 amide bonds. The maximum atomic E-state index is 10.6. The van der Waals surface area contributed by atoms with Gasteiger partial charge in [0, 0.05) is 57.7 Å². The Hall–Kier alpha value is -0.260. The molecule has 0 saturated carbocycles. The van der Waals surface area contributed by atoms with Gasteiger partial charge in [-0.3, -0.25) is 4.79 Å². The zero-order valence-electron chi connectivity index (χ0n) is 9.42. The first-order valence-corrected chi connectivity index (χ1v) is 6.70. The van der Waals surface area contributed by atoms with Crippen LogP contribution in [0.5, 0.6) is 0 Å². The van der Waals surface area contributed by atoms with Gasteiger partial charge in [0.15, 0.2) is 0 Å². The van der Waals surface area contributed by atoms with Gasteiger partial charge >= 0.3 is 0 Å². The zero-order chi connectivity index (χ0) is 10.9. The van der Waals surface area contributed by atoms with Crippen LogP contribution in [-0.2, 0) is 4.79 Å². The van der Waals surface area contributed by atoms with E-state index < -0.39 is 0 Å². The first kappa shape index (κ1) is 12.8. The second kappa shape index (κ2) is 7.96. The summed E-state index contributed by atoms with van der Waals surface area (Å²) in [5.41, 5.74) is 0. The molecule has 0 atom stereocenters. The van der Waals surface area contributed by atoms with E-state index in [0.29, 0.717) is 0 Å². The van der Waals surface area contributed by atoms with E-state index in [1.165, 1.54) is 24.6 Å². The van der Waals surface area contributed by atoms with Gasteiger partial charge in [-0.25, -0.2) is 0 Å². The second-order valence-electron chi connectivity index (χ2n) is 3.69. The van der Waals surface area contributed by atoms with E-state index in [9.17, 15) is 4.79 Å². The van der Waals surface area contributed by atoms with Crippen molar-refractivity contribution in [2.45, 2.75) is 6.92 Å². The Labute approximate surface area is 96.2 Å². The minimum atomic E-state index is 0.0462. The number of nitrogens with one attached hydrogen (secondary N) is 2. The van der Waals surface area contributed by atoms with E-state index >= 15 is 0 Å². The highest BCUT2D eigenvalue weighted by molar-refractivity contribution is 7.99. The molecule has 0 aromatic rings. The number of nitrogens with zero attached hydrogens (tertiary/aromatic N) is 1. The number of carbonyl (C=O) groups is 1. The Morgan fingerprint density at radius 1 is 1.27 bits per heavy atom. The predicted octanol–water partition coefficient (Wildman–Crippen LogP) is -0.239. The molecule has 5 heteroatoms. The number of hydrogen-bond acceptors (Lipinski definition) is 4. The molecule has 1 aliphatic rings. The summed E-state index contributed by atoms with van der Waals surface area (Å²) in [4.78, 5) is 13.1. The Morgan fingerprint density at radius 3 is 2.67 bits per heavy atom. The van der Waals surface area contributed by atoms with E-state index in [1.54, 1.807) is 6.92 Å². The Balaban J connectivity index is 1.85. The van der Waals surface area contributed by atoms with Crippen LogP contribution in [0.2, 0.25) is 0 Å². The van der Waals surface area contributed by atoms with Crippen molar-refractivity contribution in [2.24, 2.45) is 0 Å². The highest BCUT2D eigenvalue weighted by Gasteiger charge is 2.08. The van der Waals surface area contributed by atoms with Crippen molar-refractivity contribution in [2.75, 3.05) is 50.8 Å². The van der Waals surface area contributed by atoms with E-state index in [2.05, 4.69) is 15.5 Å². The van der Waals surface area contributed by atoms with Crippen LogP contribution in [0.25, 0.3) is 0 Å². The number of hydrogen-bond donors (Lipinski definition) is 2. The maximum absolute atomic E-state index is 10.6. The van der Waals surface area contributed by atoms with Crippen molar-refractivity contribution < 1.29 is 4.79 Å². The van der Waals surface area contributed by atoms with Crippen LogP contribution in [-0.4, -0.2) is 61.6 Å². The first-order valence-electron chi connectivity index (χ1n) is 5.54. The van der Waals surface area contributed by atoms with Gasteiger partial charge in [0.1, 0.15) is 0 Å². The fraction of sp³-hybridized carbons (Fsp3) is 0.900. The van der Waals surface area contributed by atoms with Crippen LogP contribution in [0, 0.1) is 0 Å². The molecule has 1 saturated heterocycles. The molecule has 1 heterocycles. The van der Waals surface area contributed by atoms with Gasteiger partial charge < -0.3 is 15.5 Å². The number of carbonyl (C=O) groups excluding carboxylic acids is 1. The molecule has 0 aliphatic carbocycles. The molecule has 0 radical (unpaired) electrons. The Bertz CT molecular complexity index is 184. The fourth-order valence-corrected chi connectivity index (χ4v) is 2.49. The summed E-state index contributed by atoms with van der Waals surface area (Å²) in [5, 5.41) is 6.09. The normalized spacial score (nSPS) is 17.7. The molecule has 1 rings (SSSR count). The third kappa shape index (κ3) is 6.76. The van der Waals surface area contributed by atoms with Crippen LogP contribution in [0.1, 0.15) is 6.92 Å². The average Bonchev–Trinajstić information content (AvgIpc) is 2.24. The molecule has 1 aliphatic heterocycles. The molecule has 88 valence electrons. The van der Waals surface area contributed by atoms with Gasteiger partial charge in [-0.15, -0.1) is 0 Å². The lowest BCUT2D eigenvalue weighted by Gasteiger charge is -2.26. The molecule has 0 spiro atoms. The molecule has 2 N–H and O–H groups in total. The van der Waals surface area contributed by atoms with Crippen LogP contribution in [0.4, 0.5) is 0 Å². The lowest BCUT2D eigenvalue weighted by Crippen LogP contribution is -2.39. The summed E-state index contributed by atoms with van der Waals surface area (Å²) < 4.78 is 0. The van der Waals surface area contributed by atoms with Gasteiger partial charge in [0.05, 0.1) is 0 Å². The molecule has 0 aromatic carbocycles. The fourth-order valence-electron chi connectivity index (χ4n) is 1.51. The third-order valence-corrected chi connectivity index (χ3v) is 3.33. The number of amides is 1. The molecule has 0 aromatic heterocycles. The Morgan fingerprint density at radius 2 is 2.00 bits per heavy atom. The minimum absolute atomic E-state index is 0.0462. The highest BCUT2D eigenvalue weighted by Crippen LogP contribution is 2.07.